The second-order valence-corrected chi connectivity index (χ2v) is 9.89. The summed E-state index contributed by atoms with van der Waals surface area (Å²) >= 11 is 9.66. The predicted octanol–water partition coefficient (Wildman–Crippen LogP) is 6.45. The number of ether oxygens (including phenoxy) is 2. The molecule has 2 aromatic heterocycles. The Morgan fingerprint density at radius 2 is 1.72 bits per heavy atom. The number of methoxy groups -OCH3 is 2. The van der Waals surface area contributed by atoms with Gasteiger partial charge in [-0.25, -0.2) is 0 Å². The minimum Gasteiger partial charge on any atom is -0.497 e. The summed E-state index contributed by atoms with van der Waals surface area (Å²) in [5, 5.41) is 4.16. The molecule has 2 atom stereocenters. The number of anilines is 1. The Hall–Kier alpha value is -3.36. The molecule has 5 rings (SSSR count). The highest BCUT2D eigenvalue weighted by molar-refractivity contribution is 9.10. The van der Waals surface area contributed by atoms with Crippen LogP contribution in [0, 0.1) is 13.8 Å². The molecular weight excluding hydrogens is 536 g/mol. The van der Waals surface area contributed by atoms with E-state index in [9.17, 15) is 0 Å². The number of thiocarbonyl (C=S) groups is 1. The van der Waals surface area contributed by atoms with E-state index in [0.29, 0.717) is 10.9 Å². The number of benzene rings is 2. The molecule has 2 aromatic carbocycles. The van der Waals surface area contributed by atoms with Gasteiger partial charge in [-0.15, -0.1) is 0 Å². The number of para-hydroxylation sites is 1. The predicted molar refractivity (Wildman–Crippen MR) is 150 cm³/mol. The molecule has 8 heteroatoms. The van der Waals surface area contributed by atoms with Gasteiger partial charge >= 0.3 is 0 Å². The van der Waals surface area contributed by atoms with Crippen molar-refractivity contribution >= 4 is 38.9 Å². The van der Waals surface area contributed by atoms with E-state index < -0.39 is 0 Å². The van der Waals surface area contributed by atoms with Crippen molar-refractivity contribution in [2.75, 3.05) is 19.1 Å². The van der Waals surface area contributed by atoms with Crippen LogP contribution in [-0.2, 0) is 0 Å². The van der Waals surface area contributed by atoms with Crippen LogP contribution in [0.4, 0.5) is 5.69 Å². The second-order valence-electron chi connectivity index (χ2n) is 8.65. The number of nitrogens with zero attached hydrogens (tertiary/aromatic N) is 3. The molecule has 0 aliphatic carbocycles. The van der Waals surface area contributed by atoms with Crippen LogP contribution in [-0.4, -0.2) is 28.9 Å². The summed E-state index contributed by atoms with van der Waals surface area (Å²) in [6, 6.07) is 22.0. The van der Waals surface area contributed by atoms with Crippen molar-refractivity contribution in [1.82, 2.24) is 14.9 Å². The zero-order valence-electron chi connectivity index (χ0n) is 20.5. The highest BCUT2D eigenvalue weighted by atomic mass is 79.9. The Labute approximate surface area is 225 Å². The normalized spacial score (nSPS) is 17.2. The van der Waals surface area contributed by atoms with Crippen LogP contribution in [0.15, 0.2) is 77.4 Å². The molecular formula is C28H27BrN4O2S. The van der Waals surface area contributed by atoms with E-state index in [-0.39, 0.29) is 12.1 Å². The van der Waals surface area contributed by atoms with Gasteiger partial charge in [-0.1, -0.05) is 18.2 Å². The highest BCUT2D eigenvalue weighted by Crippen LogP contribution is 2.47. The fraction of sp³-hybridized carbons (Fsp3) is 0.214. The molecule has 0 bridgehead atoms. The number of hydrogen-bond acceptors (Lipinski definition) is 4. The molecule has 0 unspecified atom stereocenters. The van der Waals surface area contributed by atoms with E-state index in [1.807, 2.05) is 48.7 Å². The van der Waals surface area contributed by atoms with Crippen LogP contribution in [0.3, 0.4) is 0 Å². The van der Waals surface area contributed by atoms with E-state index in [4.69, 9.17) is 21.7 Å². The number of halogens is 1. The minimum absolute atomic E-state index is 0.154. The average molecular weight is 564 g/mol. The second kappa shape index (κ2) is 9.95. The molecule has 6 nitrogen and oxygen atoms in total. The third-order valence-electron chi connectivity index (χ3n) is 6.63. The van der Waals surface area contributed by atoms with Crippen LogP contribution in [0.25, 0.3) is 5.69 Å². The lowest BCUT2D eigenvalue weighted by molar-refractivity contribution is 0.394. The van der Waals surface area contributed by atoms with Gasteiger partial charge in [-0.2, -0.15) is 0 Å². The lowest BCUT2D eigenvalue weighted by atomic mass is 9.96. The van der Waals surface area contributed by atoms with Crippen LogP contribution >= 0.6 is 28.1 Å². The summed E-state index contributed by atoms with van der Waals surface area (Å²) in [5.74, 6) is 1.41. The van der Waals surface area contributed by atoms with E-state index in [2.05, 4.69) is 73.8 Å². The monoisotopic (exact) mass is 562 g/mol. The number of aryl methyl sites for hydroxylation is 1. The molecule has 0 radical (unpaired) electrons. The van der Waals surface area contributed by atoms with Crippen molar-refractivity contribution in [3.63, 3.8) is 0 Å². The van der Waals surface area contributed by atoms with E-state index >= 15 is 0 Å². The fourth-order valence-corrected chi connectivity index (χ4v) is 5.81. The van der Waals surface area contributed by atoms with Crippen LogP contribution in [0.2, 0.25) is 0 Å². The molecule has 1 aliphatic heterocycles. The number of pyridine rings is 1. The van der Waals surface area contributed by atoms with Crippen molar-refractivity contribution in [2.45, 2.75) is 25.9 Å². The minimum atomic E-state index is -0.155. The number of rotatable bonds is 6. The Balaban J connectivity index is 1.71. The van der Waals surface area contributed by atoms with Gasteiger partial charge in [0, 0.05) is 28.1 Å². The molecule has 0 spiro atoms. The first kappa shape index (κ1) is 24.3. The van der Waals surface area contributed by atoms with Crippen molar-refractivity contribution in [3.05, 3.63) is 100 Å². The van der Waals surface area contributed by atoms with E-state index in [1.165, 1.54) is 0 Å². The molecule has 1 saturated heterocycles. The van der Waals surface area contributed by atoms with Gasteiger partial charge < -0.3 is 24.3 Å². The van der Waals surface area contributed by atoms with Crippen molar-refractivity contribution in [2.24, 2.45) is 0 Å². The van der Waals surface area contributed by atoms with Crippen molar-refractivity contribution in [3.8, 4) is 17.2 Å². The third kappa shape index (κ3) is 4.14. The maximum absolute atomic E-state index is 5.93. The van der Waals surface area contributed by atoms with Crippen LogP contribution in [0.1, 0.15) is 34.7 Å². The zero-order valence-corrected chi connectivity index (χ0v) is 22.9. The Bertz CT molecular complexity index is 1420. The van der Waals surface area contributed by atoms with Gasteiger partial charge in [0.1, 0.15) is 11.5 Å². The van der Waals surface area contributed by atoms with Gasteiger partial charge in [0.2, 0.25) is 0 Å². The van der Waals surface area contributed by atoms with Crippen LogP contribution < -0.4 is 19.7 Å². The summed E-state index contributed by atoms with van der Waals surface area (Å²) < 4.78 is 14.5. The van der Waals surface area contributed by atoms with E-state index in [1.54, 1.807) is 14.2 Å². The largest absolute Gasteiger partial charge is 0.497 e. The van der Waals surface area contributed by atoms with Crippen LogP contribution in [0.5, 0.6) is 11.5 Å². The summed E-state index contributed by atoms with van der Waals surface area (Å²) in [6.45, 7) is 4.28. The standard InChI is InChI=1S/C28H27BrN4O2S/c1-17-15-20(18(2)32(17)23-11-6-5-9-21(23)29)27-26(22-10-7-8-14-30-22)31-28(36)33(27)24-13-12-19(34-3)16-25(24)35-4/h5-16,26-27H,1-4H3,(H,31,36)/t26-,27-/m1/s1. The maximum atomic E-state index is 5.93. The molecule has 184 valence electrons. The first-order chi connectivity index (χ1) is 17.4. The zero-order chi connectivity index (χ0) is 25.4. The summed E-state index contributed by atoms with van der Waals surface area (Å²) in [4.78, 5) is 6.82. The molecule has 0 saturated carbocycles. The average Bonchev–Trinajstić information content (AvgIpc) is 3.39. The lowest BCUT2D eigenvalue weighted by Crippen LogP contribution is -2.30. The van der Waals surface area contributed by atoms with Gasteiger partial charge in [0.15, 0.2) is 5.11 Å². The SMILES string of the molecule is COc1ccc(N2C(=S)N[C@H](c3ccccn3)[C@H]2c2cc(C)n(-c3ccccc3Br)c2C)c(OC)c1. The molecule has 0 amide bonds. The molecule has 1 aliphatic rings. The van der Waals surface area contributed by atoms with Gasteiger partial charge in [0.25, 0.3) is 0 Å². The first-order valence-corrected chi connectivity index (χ1v) is 12.8. The topological polar surface area (TPSA) is 51.5 Å². The molecule has 1 N–H and O–H groups in total. The molecule has 3 heterocycles. The summed E-state index contributed by atoms with van der Waals surface area (Å²) in [5.41, 5.74) is 6.30. The number of aromatic nitrogens is 2. The van der Waals surface area contributed by atoms with E-state index in [0.717, 1.165) is 44.2 Å². The lowest BCUT2D eigenvalue weighted by Gasteiger charge is -2.29. The molecule has 1 fully saturated rings. The van der Waals surface area contributed by atoms with Gasteiger partial charge in [-0.3, -0.25) is 4.98 Å². The first-order valence-electron chi connectivity index (χ1n) is 11.6. The van der Waals surface area contributed by atoms with Crippen molar-refractivity contribution < 1.29 is 9.47 Å². The smallest absolute Gasteiger partial charge is 0.174 e. The molecule has 36 heavy (non-hydrogen) atoms. The third-order valence-corrected chi connectivity index (χ3v) is 7.61. The van der Waals surface area contributed by atoms with Crippen molar-refractivity contribution in [1.29, 1.82) is 0 Å². The highest BCUT2D eigenvalue weighted by Gasteiger charge is 2.43. The Kier molecular flexibility index (Phi) is 6.73. The molecule has 4 aromatic rings. The quantitative estimate of drug-likeness (QED) is 0.273. The van der Waals surface area contributed by atoms with Gasteiger partial charge in [-0.05, 0) is 90.0 Å². The fourth-order valence-electron chi connectivity index (χ4n) is 5.01. The summed E-state index contributed by atoms with van der Waals surface area (Å²) in [7, 11) is 3.31. The number of nitrogens with one attached hydrogen (secondary N) is 1. The van der Waals surface area contributed by atoms with Gasteiger partial charge in [0.05, 0.1) is 43.4 Å². The Morgan fingerprint density at radius 1 is 0.944 bits per heavy atom. The number of hydrogen-bond donors (Lipinski definition) is 1. The summed E-state index contributed by atoms with van der Waals surface area (Å²) in [6.07, 6.45) is 1.82. The maximum Gasteiger partial charge on any atom is 0.174 e. The Morgan fingerprint density at radius 3 is 2.42 bits per heavy atom.